The number of benzene rings is 2. The van der Waals surface area contributed by atoms with Gasteiger partial charge in [0.2, 0.25) is 0 Å². The molecule has 0 radical (unpaired) electrons. The highest BCUT2D eigenvalue weighted by atomic mass is 19.4. The Morgan fingerprint density at radius 1 is 0.483 bits per heavy atom. The molecule has 2 rings (SSSR count). The molecule has 0 aromatic heterocycles. The maximum absolute atomic E-state index is 13.3. The zero-order valence-corrected chi connectivity index (χ0v) is 13.9. The fraction of sp³-hybridized carbons (Fsp3) is 0.294. The molecule has 0 aliphatic rings. The average Bonchev–Trinajstić information content (AvgIpc) is 2.50. The third kappa shape index (κ3) is 4.96. The highest BCUT2D eigenvalue weighted by Crippen LogP contribution is 2.45. The van der Waals surface area contributed by atoms with Crippen LogP contribution in [0.1, 0.15) is 27.8 Å². The van der Waals surface area contributed by atoms with Crippen LogP contribution >= 0.6 is 0 Å². The van der Waals surface area contributed by atoms with Gasteiger partial charge in [-0.15, -0.1) is 0 Å². The molecule has 0 spiro atoms. The molecule has 160 valence electrons. The molecule has 0 saturated heterocycles. The zero-order valence-electron chi connectivity index (χ0n) is 13.9. The van der Waals surface area contributed by atoms with E-state index in [1.807, 2.05) is 0 Å². The van der Waals surface area contributed by atoms with Gasteiger partial charge in [0.15, 0.2) is 0 Å². The summed E-state index contributed by atoms with van der Waals surface area (Å²) in [5.41, 5.74) is -10.7. The number of rotatable bonds is 1. The van der Waals surface area contributed by atoms with Crippen molar-refractivity contribution >= 4 is 0 Å². The van der Waals surface area contributed by atoms with E-state index in [1.54, 1.807) is 0 Å². The van der Waals surface area contributed by atoms with Crippen molar-refractivity contribution in [2.24, 2.45) is 0 Å². The SMILES string of the molecule is Cc1cc(C(F)(F)F)cc(C(F)(F)F)c1-c1cc(C(F)(F)F)cc(C(F)(F)F)c1. The maximum atomic E-state index is 13.3. The lowest BCUT2D eigenvalue weighted by Crippen LogP contribution is -2.15. The van der Waals surface area contributed by atoms with Crippen LogP contribution in [0.5, 0.6) is 0 Å². The fourth-order valence-corrected chi connectivity index (χ4v) is 2.66. The van der Waals surface area contributed by atoms with Crippen LogP contribution in [-0.2, 0) is 24.7 Å². The minimum absolute atomic E-state index is 0.0279. The van der Waals surface area contributed by atoms with Crippen LogP contribution in [0.15, 0.2) is 30.3 Å². The van der Waals surface area contributed by atoms with Crippen molar-refractivity contribution in [2.45, 2.75) is 31.6 Å². The second-order valence-electron chi connectivity index (χ2n) is 6.01. The van der Waals surface area contributed by atoms with Crippen LogP contribution in [0.25, 0.3) is 11.1 Å². The number of halogens is 12. The molecule has 0 N–H and O–H groups in total. The van der Waals surface area contributed by atoms with Gasteiger partial charge in [0.1, 0.15) is 0 Å². The Balaban J connectivity index is 2.93. The van der Waals surface area contributed by atoms with E-state index in [9.17, 15) is 52.7 Å². The van der Waals surface area contributed by atoms with Gasteiger partial charge in [-0.3, -0.25) is 0 Å². The topological polar surface area (TPSA) is 0 Å². The second kappa shape index (κ2) is 6.84. The quantitative estimate of drug-likeness (QED) is 0.398. The van der Waals surface area contributed by atoms with Gasteiger partial charge >= 0.3 is 24.7 Å². The van der Waals surface area contributed by atoms with Crippen molar-refractivity contribution < 1.29 is 52.7 Å². The lowest BCUT2D eigenvalue weighted by atomic mass is 9.90. The van der Waals surface area contributed by atoms with Crippen LogP contribution in [0.4, 0.5) is 52.7 Å². The van der Waals surface area contributed by atoms with Gasteiger partial charge in [-0.2, -0.15) is 52.7 Å². The molecule has 2 aromatic rings. The highest BCUT2D eigenvalue weighted by Gasteiger charge is 2.41. The molecular formula is C17H8F12. The molecule has 0 nitrogen and oxygen atoms in total. The average molecular weight is 440 g/mol. The van der Waals surface area contributed by atoms with E-state index in [2.05, 4.69) is 0 Å². The summed E-state index contributed by atoms with van der Waals surface area (Å²) < 4.78 is 156. The first kappa shape index (κ1) is 22.9. The van der Waals surface area contributed by atoms with Crippen LogP contribution in [0.2, 0.25) is 0 Å². The molecule has 0 aliphatic carbocycles. The van der Waals surface area contributed by atoms with Gasteiger partial charge in [-0.05, 0) is 53.9 Å². The lowest BCUT2D eigenvalue weighted by Gasteiger charge is -2.21. The first-order valence-electron chi connectivity index (χ1n) is 7.40. The summed E-state index contributed by atoms with van der Waals surface area (Å²) in [7, 11) is 0. The Bertz CT molecular complexity index is 878. The standard InChI is InChI=1S/C17H8F12/c1-7-2-9(14(18,19)20)6-12(17(27,28)29)13(7)8-3-10(15(21,22)23)5-11(4-8)16(24,25)26/h2-6H,1H3. The van der Waals surface area contributed by atoms with E-state index in [0.29, 0.717) is 0 Å². The van der Waals surface area contributed by atoms with Crippen LogP contribution in [-0.4, -0.2) is 0 Å². The summed E-state index contributed by atoms with van der Waals surface area (Å²) in [5.74, 6) is 0. The maximum Gasteiger partial charge on any atom is 0.417 e. The van der Waals surface area contributed by atoms with E-state index in [0.717, 1.165) is 6.92 Å². The van der Waals surface area contributed by atoms with Crippen LogP contribution < -0.4 is 0 Å². The Morgan fingerprint density at radius 2 is 0.862 bits per heavy atom. The number of hydrogen-bond donors (Lipinski definition) is 0. The molecule has 2 aromatic carbocycles. The van der Waals surface area contributed by atoms with Gasteiger partial charge in [-0.1, -0.05) is 0 Å². The zero-order chi connectivity index (χ0) is 22.6. The molecule has 0 heterocycles. The first-order valence-corrected chi connectivity index (χ1v) is 7.40. The van der Waals surface area contributed by atoms with E-state index in [-0.39, 0.29) is 30.3 Å². The van der Waals surface area contributed by atoms with Crippen molar-refractivity contribution in [2.75, 3.05) is 0 Å². The molecule has 12 heteroatoms. The summed E-state index contributed by atoms with van der Waals surface area (Å²) in [4.78, 5) is 0. The monoisotopic (exact) mass is 440 g/mol. The van der Waals surface area contributed by atoms with Gasteiger partial charge in [0.05, 0.1) is 22.3 Å². The molecule has 0 aliphatic heterocycles. The first-order chi connectivity index (χ1) is 12.8. The second-order valence-corrected chi connectivity index (χ2v) is 6.01. The third-order valence-corrected chi connectivity index (χ3v) is 3.84. The van der Waals surface area contributed by atoms with Crippen molar-refractivity contribution in [3.8, 4) is 11.1 Å². The Morgan fingerprint density at radius 3 is 1.21 bits per heavy atom. The number of hydrogen-bond acceptors (Lipinski definition) is 0. The normalized spacial score (nSPS) is 13.7. The van der Waals surface area contributed by atoms with E-state index in [1.165, 1.54) is 0 Å². The Kier molecular flexibility index (Phi) is 5.40. The summed E-state index contributed by atoms with van der Waals surface area (Å²) in [6.45, 7) is 0.730. The van der Waals surface area contributed by atoms with Crippen LogP contribution in [0.3, 0.4) is 0 Å². The minimum Gasteiger partial charge on any atom is -0.166 e. The van der Waals surface area contributed by atoms with Crippen molar-refractivity contribution in [3.05, 3.63) is 58.1 Å². The summed E-state index contributed by atoms with van der Waals surface area (Å²) in [6.07, 6.45) is -21.4. The van der Waals surface area contributed by atoms with E-state index >= 15 is 0 Å². The smallest absolute Gasteiger partial charge is 0.166 e. The molecule has 0 unspecified atom stereocenters. The number of aryl methyl sites for hydroxylation is 1. The molecule has 0 fully saturated rings. The van der Waals surface area contributed by atoms with Crippen molar-refractivity contribution in [1.29, 1.82) is 0 Å². The predicted octanol–water partition coefficient (Wildman–Crippen LogP) is 7.74. The molecule has 0 bridgehead atoms. The van der Waals surface area contributed by atoms with Crippen molar-refractivity contribution in [3.63, 3.8) is 0 Å². The number of alkyl halides is 12. The van der Waals surface area contributed by atoms with Gasteiger partial charge in [0, 0.05) is 0 Å². The molecule has 0 atom stereocenters. The Labute approximate surface area is 154 Å². The predicted molar refractivity (Wildman–Crippen MR) is 76.6 cm³/mol. The third-order valence-electron chi connectivity index (χ3n) is 3.84. The lowest BCUT2D eigenvalue weighted by molar-refractivity contribution is -0.144. The van der Waals surface area contributed by atoms with Crippen molar-refractivity contribution in [1.82, 2.24) is 0 Å². The van der Waals surface area contributed by atoms with Gasteiger partial charge in [-0.25, -0.2) is 0 Å². The van der Waals surface area contributed by atoms with E-state index in [4.69, 9.17) is 0 Å². The fourth-order valence-electron chi connectivity index (χ4n) is 2.66. The summed E-state index contributed by atoms with van der Waals surface area (Å²) in [6, 6.07) is -0.371. The van der Waals surface area contributed by atoms with Gasteiger partial charge in [0.25, 0.3) is 0 Å². The highest BCUT2D eigenvalue weighted by molar-refractivity contribution is 5.74. The summed E-state index contributed by atoms with van der Waals surface area (Å²) in [5, 5.41) is 0. The minimum atomic E-state index is -5.48. The van der Waals surface area contributed by atoms with E-state index < -0.39 is 63.6 Å². The molecule has 0 amide bonds. The summed E-state index contributed by atoms with van der Waals surface area (Å²) >= 11 is 0. The van der Waals surface area contributed by atoms with Crippen LogP contribution in [0, 0.1) is 6.92 Å². The molecule has 29 heavy (non-hydrogen) atoms. The molecule has 0 saturated carbocycles. The molecular weight excluding hydrogens is 432 g/mol. The Hall–Kier alpha value is -2.40. The van der Waals surface area contributed by atoms with Gasteiger partial charge < -0.3 is 0 Å². The largest absolute Gasteiger partial charge is 0.417 e.